The second kappa shape index (κ2) is 8.75. The van der Waals surface area contributed by atoms with Gasteiger partial charge in [0.15, 0.2) is 0 Å². The van der Waals surface area contributed by atoms with Crippen LogP contribution in [0.15, 0.2) is 72.8 Å². The van der Waals surface area contributed by atoms with Crippen molar-refractivity contribution in [1.82, 2.24) is 14.8 Å². The molecule has 1 saturated heterocycles. The Kier molecular flexibility index (Phi) is 5.40. The zero-order chi connectivity index (χ0) is 24.8. The molecule has 2 aliphatic heterocycles. The van der Waals surface area contributed by atoms with Crippen LogP contribution in [0.2, 0.25) is 0 Å². The Labute approximate surface area is 209 Å². The summed E-state index contributed by atoms with van der Waals surface area (Å²) >= 11 is 0. The van der Waals surface area contributed by atoms with Gasteiger partial charge in [0.25, 0.3) is 0 Å². The molecular weight excluding hydrogens is 454 g/mol. The highest BCUT2D eigenvalue weighted by molar-refractivity contribution is 5.97. The van der Waals surface area contributed by atoms with Gasteiger partial charge in [-0.2, -0.15) is 0 Å². The van der Waals surface area contributed by atoms with Gasteiger partial charge in [-0.15, -0.1) is 0 Å². The molecular formula is C29H27N3O4. The number of piperazine rings is 1. The number of carbonyl (C=O) groups excluding carboxylic acids is 2. The van der Waals surface area contributed by atoms with Crippen molar-refractivity contribution >= 4 is 22.7 Å². The Hall–Kier alpha value is -4.26. The van der Waals surface area contributed by atoms with Crippen molar-refractivity contribution in [1.29, 1.82) is 0 Å². The van der Waals surface area contributed by atoms with Gasteiger partial charge in [-0.3, -0.25) is 9.59 Å². The van der Waals surface area contributed by atoms with Crippen LogP contribution >= 0.6 is 0 Å². The molecule has 0 spiro atoms. The van der Waals surface area contributed by atoms with Crippen LogP contribution in [0.5, 0.6) is 11.5 Å². The van der Waals surface area contributed by atoms with Crippen molar-refractivity contribution < 1.29 is 19.1 Å². The molecule has 36 heavy (non-hydrogen) atoms. The standard InChI is InChI=1S/C29H27N3O4/c1-35-24-13-7-3-9-18(24)16-31-17-26(33)32-23(29(31)34)15-21-19-10-4-6-12-22(19)30-27(21)28(32)20-11-5-8-14-25(20)36-2/h3-14,23,28,30H,15-17H2,1-2H3/t23-,28?/m0/s1. The van der Waals surface area contributed by atoms with E-state index in [1.165, 1.54) is 0 Å². The SMILES string of the molecule is COc1ccccc1CN1CC(=O)N2C(c3ccccc3OC)c3[nH]c4ccccc4c3C[C@H]2C1=O. The van der Waals surface area contributed by atoms with E-state index in [9.17, 15) is 9.59 Å². The van der Waals surface area contributed by atoms with E-state index in [2.05, 4.69) is 11.1 Å². The second-order valence-electron chi connectivity index (χ2n) is 9.23. The number of H-pyrrole nitrogens is 1. The zero-order valence-corrected chi connectivity index (χ0v) is 20.2. The van der Waals surface area contributed by atoms with Gasteiger partial charge in [-0.1, -0.05) is 54.6 Å². The summed E-state index contributed by atoms with van der Waals surface area (Å²) in [5.74, 6) is 1.24. The summed E-state index contributed by atoms with van der Waals surface area (Å²) in [5.41, 5.74) is 4.74. The summed E-state index contributed by atoms with van der Waals surface area (Å²) < 4.78 is 11.2. The average molecular weight is 482 g/mol. The maximum atomic E-state index is 14.0. The maximum Gasteiger partial charge on any atom is 0.246 e. The van der Waals surface area contributed by atoms with Crippen molar-refractivity contribution in [3.63, 3.8) is 0 Å². The lowest BCUT2D eigenvalue weighted by atomic mass is 9.85. The van der Waals surface area contributed by atoms with Gasteiger partial charge < -0.3 is 24.3 Å². The molecule has 4 aromatic rings. The molecule has 3 heterocycles. The van der Waals surface area contributed by atoms with E-state index in [0.717, 1.165) is 33.3 Å². The van der Waals surface area contributed by atoms with Gasteiger partial charge in [-0.25, -0.2) is 0 Å². The predicted molar refractivity (Wildman–Crippen MR) is 136 cm³/mol. The Morgan fingerprint density at radius 1 is 0.889 bits per heavy atom. The van der Waals surface area contributed by atoms with E-state index < -0.39 is 12.1 Å². The summed E-state index contributed by atoms with van der Waals surface area (Å²) in [6.45, 7) is 0.327. The summed E-state index contributed by atoms with van der Waals surface area (Å²) in [6, 6.07) is 22.4. The summed E-state index contributed by atoms with van der Waals surface area (Å²) in [6.07, 6.45) is 0.456. The van der Waals surface area contributed by atoms with Crippen molar-refractivity contribution in [2.24, 2.45) is 0 Å². The van der Waals surface area contributed by atoms with E-state index >= 15 is 0 Å². The number of fused-ring (bicyclic) bond motifs is 4. The fourth-order valence-electron chi connectivity index (χ4n) is 5.71. The number of para-hydroxylation sites is 3. The first-order chi connectivity index (χ1) is 17.6. The average Bonchev–Trinajstić information content (AvgIpc) is 3.29. The summed E-state index contributed by atoms with van der Waals surface area (Å²) in [7, 11) is 3.24. The number of amides is 2. The largest absolute Gasteiger partial charge is 0.496 e. The third kappa shape index (κ3) is 3.42. The third-order valence-electron chi connectivity index (χ3n) is 7.33. The fraction of sp³-hybridized carbons (Fsp3) is 0.241. The molecule has 0 radical (unpaired) electrons. The van der Waals surface area contributed by atoms with Gasteiger partial charge in [0.1, 0.15) is 30.1 Å². The van der Waals surface area contributed by atoms with E-state index in [4.69, 9.17) is 9.47 Å². The number of benzene rings is 3. The quantitative estimate of drug-likeness (QED) is 0.466. The molecule has 1 N–H and O–H groups in total. The number of methoxy groups -OCH3 is 2. The minimum atomic E-state index is -0.609. The highest BCUT2D eigenvalue weighted by Crippen LogP contribution is 2.45. The number of hydrogen-bond acceptors (Lipinski definition) is 4. The highest BCUT2D eigenvalue weighted by Gasteiger charge is 2.48. The predicted octanol–water partition coefficient (Wildman–Crippen LogP) is 4.07. The maximum absolute atomic E-state index is 14.0. The Morgan fingerprint density at radius 3 is 2.39 bits per heavy atom. The molecule has 2 atom stereocenters. The fourth-order valence-corrected chi connectivity index (χ4v) is 5.71. The first-order valence-corrected chi connectivity index (χ1v) is 12.0. The van der Waals surface area contributed by atoms with E-state index in [-0.39, 0.29) is 18.4 Å². The van der Waals surface area contributed by atoms with Crippen molar-refractivity contribution in [2.75, 3.05) is 20.8 Å². The van der Waals surface area contributed by atoms with E-state index in [0.29, 0.717) is 24.5 Å². The molecule has 7 heteroatoms. The lowest BCUT2D eigenvalue weighted by molar-refractivity contribution is -0.159. The number of aromatic nitrogens is 1. The van der Waals surface area contributed by atoms with E-state index in [1.54, 1.807) is 24.0 Å². The molecule has 0 saturated carbocycles. The normalized spacial score (nSPS) is 19.3. The minimum absolute atomic E-state index is 0.00852. The third-order valence-corrected chi connectivity index (χ3v) is 7.33. The van der Waals surface area contributed by atoms with E-state index in [1.807, 2.05) is 66.7 Å². The molecule has 0 bridgehead atoms. The van der Waals surface area contributed by atoms with Gasteiger partial charge in [0, 0.05) is 40.7 Å². The second-order valence-corrected chi connectivity index (χ2v) is 9.23. The summed E-state index contributed by atoms with van der Waals surface area (Å²) in [5, 5.41) is 1.08. The number of hydrogen-bond donors (Lipinski definition) is 1. The Morgan fingerprint density at radius 2 is 1.58 bits per heavy atom. The minimum Gasteiger partial charge on any atom is -0.496 e. The van der Waals surface area contributed by atoms with Crippen LogP contribution in [0.3, 0.4) is 0 Å². The first kappa shape index (κ1) is 22.2. The lowest BCUT2D eigenvalue weighted by Gasteiger charge is -2.47. The van der Waals surface area contributed by atoms with Gasteiger partial charge >= 0.3 is 0 Å². The lowest BCUT2D eigenvalue weighted by Crippen LogP contribution is -2.62. The number of nitrogens with one attached hydrogen (secondary N) is 1. The molecule has 7 nitrogen and oxygen atoms in total. The molecule has 1 aromatic heterocycles. The molecule has 182 valence electrons. The van der Waals surface area contributed by atoms with Crippen LogP contribution in [0.4, 0.5) is 0 Å². The molecule has 2 aliphatic rings. The molecule has 1 fully saturated rings. The van der Waals surface area contributed by atoms with Crippen LogP contribution in [-0.4, -0.2) is 53.4 Å². The number of aromatic amines is 1. The topological polar surface area (TPSA) is 74.9 Å². The van der Waals surface area contributed by atoms with Gasteiger partial charge in [0.2, 0.25) is 11.8 Å². The number of nitrogens with zero attached hydrogens (tertiary/aromatic N) is 2. The first-order valence-electron chi connectivity index (χ1n) is 12.0. The molecule has 3 aromatic carbocycles. The molecule has 1 unspecified atom stereocenters. The van der Waals surface area contributed by atoms with Crippen molar-refractivity contribution in [3.8, 4) is 11.5 Å². The van der Waals surface area contributed by atoms with Crippen LogP contribution in [-0.2, 0) is 22.6 Å². The van der Waals surface area contributed by atoms with Crippen LogP contribution in [0, 0.1) is 0 Å². The van der Waals surface area contributed by atoms with Gasteiger partial charge in [0.05, 0.1) is 14.2 Å². The Bertz CT molecular complexity index is 1480. The van der Waals surface area contributed by atoms with Crippen molar-refractivity contribution in [2.45, 2.75) is 25.0 Å². The number of carbonyl (C=O) groups is 2. The van der Waals surface area contributed by atoms with Crippen LogP contribution in [0.25, 0.3) is 10.9 Å². The smallest absolute Gasteiger partial charge is 0.246 e. The Balaban J connectivity index is 1.47. The van der Waals surface area contributed by atoms with Crippen LogP contribution in [0.1, 0.15) is 28.4 Å². The monoisotopic (exact) mass is 481 g/mol. The zero-order valence-electron chi connectivity index (χ0n) is 20.2. The highest BCUT2D eigenvalue weighted by atomic mass is 16.5. The molecule has 2 amide bonds. The van der Waals surface area contributed by atoms with Crippen molar-refractivity contribution in [3.05, 3.63) is 95.2 Å². The summed E-state index contributed by atoms with van der Waals surface area (Å²) in [4.78, 5) is 34.7. The van der Waals surface area contributed by atoms with Gasteiger partial charge in [-0.05, 0) is 23.8 Å². The molecule has 6 rings (SSSR count). The van der Waals surface area contributed by atoms with Crippen LogP contribution < -0.4 is 9.47 Å². The number of ether oxygens (including phenoxy) is 2. The molecule has 0 aliphatic carbocycles. The number of rotatable bonds is 5.